The summed E-state index contributed by atoms with van der Waals surface area (Å²) in [6.45, 7) is -0.0289. The Bertz CT molecular complexity index is 108. The molecule has 0 saturated carbocycles. The highest BCUT2D eigenvalue weighted by atomic mass is 16.4. The van der Waals surface area contributed by atoms with Gasteiger partial charge in [-0.3, -0.25) is 4.79 Å². The predicted molar refractivity (Wildman–Crippen MR) is 37.2 cm³/mol. The molecule has 0 unspecified atom stereocenters. The molecule has 1 aliphatic rings. The number of carbonyl (C=O) groups is 1. The SMILES string of the molecule is O=C(O)B1CCCCC1. The van der Waals surface area contributed by atoms with Gasteiger partial charge in [0.1, 0.15) is 0 Å². The third kappa shape index (κ3) is 1.73. The van der Waals surface area contributed by atoms with Crippen molar-refractivity contribution in [2.45, 2.75) is 31.9 Å². The standard InChI is InChI=1S/C6H11BO2/c8-6(9)7-4-2-1-3-5-7/h1-5H2,(H,8,9). The zero-order valence-electron chi connectivity index (χ0n) is 5.47. The Morgan fingerprint density at radius 3 is 2.11 bits per heavy atom. The molecule has 0 amide bonds. The molecule has 50 valence electrons. The van der Waals surface area contributed by atoms with E-state index in [0.29, 0.717) is 0 Å². The van der Waals surface area contributed by atoms with Crippen LogP contribution >= 0.6 is 0 Å². The second kappa shape index (κ2) is 2.90. The molecule has 1 heterocycles. The largest absolute Gasteiger partial charge is 0.489 e. The van der Waals surface area contributed by atoms with Crippen molar-refractivity contribution >= 4 is 12.6 Å². The maximum absolute atomic E-state index is 10.4. The van der Waals surface area contributed by atoms with Crippen LogP contribution in [0.1, 0.15) is 19.3 Å². The molecule has 3 heteroatoms. The van der Waals surface area contributed by atoms with Crippen molar-refractivity contribution in [1.82, 2.24) is 0 Å². The normalized spacial score (nSPS) is 19.8. The topological polar surface area (TPSA) is 37.3 Å². The van der Waals surface area contributed by atoms with Crippen molar-refractivity contribution in [3.63, 3.8) is 0 Å². The third-order valence-corrected chi connectivity index (χ3v) is 1.95. The first kappa shape index (κ1) is 6.65. The summed E-state index contributed by atoms with van der Waals surface area (Å²) in [5.74, 6) is -0.602. The average molecular weight is 126 g/mol. The maximum Gasteiger partial charge on any atom is 0.277 e. The molecule has 0 atom stereocenters. The number of rotatable bonds is 1. The lowest BCUT2D eigenvalue weighted by atomic mass is 9.42. The summed E-state index contributed by atoms with van der Waals surface area (Å²) < 4.78 is 0. The molecule has 0 aromatic carbocycles. The Morgan fingerprint density at radius 2 is 1.78 bits per heavy atom. The van der Waals surface area contributed by atoms with Gasteiger partial charge in [-0.2, -0.15) is 0 Å². The molecule has 0 aromatic rings. The Morgan fingerprint density at radius 1 is 1.22 bits per heavy atom. The van der Waals surface area contributed by atoms with E-state index in [9.17, 15) is 4.79 Å². The van der Waals surface area contributed by atoms with E-state index in [1.54, 1.807) is 0 Å². The van der Waals surface area contributed by atoms with Gasteiger partial charge >= 0.3 is 0 Å². The van der Waals surface area contributed by atoms with Crippen molar-refractivity contribution in [1.29, 1.82) is 0 Å². The van der Waals surface area contributed by atoms with Gasteiger partial charge in [-0.1, -0.05) is 31.9 Å². The quantitative estimate of drug-likeness (QED) is 0.545. The zero-order chi connectivity index (χ0) is 6.69. The van der Waals surface area contributed by atoms with Crippen molar-refractivity contribution in [2.24, 2.45) is 0 Å². The van der Waals surface area contributed by atoms with Gasteiger partial charge in [-0.05, 0) is 0 Å². The summed E-state index contributed by atoms with van der Waals surface area (Å²) in [5.41, 5.74) is 0. The number of hydrogen-bond donors (Lipinski definition) is 1. The molecule has 1 rings (SSSR count). The summed E-state index contributed by atoms with van der Waals surface area (Å²) in [7, 11) is 0. The molecule has 1 saturated heterocycles. The van der Waals surface area contributed by atoms with Crippen LogP contribution in [0.4, 0.5) is 4.79 Å². The molecule has 0 aliphatic carbocycles. The molecule has 1 N–H and O–H groups in total. The minimum atomic E-state index is -0.602. The third-order valence-electron chi connectivity index (χ3n) is 1.95. The zero-order valence-corrected chi connectivity index (χ0v) is 5.47. The Balaban J connectivity index is 2.31. The molecule has 0 bridgehead atoms. The Labute approximate surface area is 55.3 Å². The second-order valence-corrected chi connectivity index (χ2v) is 2.67. The van der Waals surface area contributed by atoms with Crippen LogP contribution in [-0.4, -0.2) is 17.7 Å². The van der Waals surface area contributed by atoms with E-state index < -0.39 is 5.87 Å². The average Bonchev–Trinajstić information content (AvgIpc) is 1.90. The lowest BCUT2D eigenvalue weighted by Crippen LogP contribution is -2.25. The second-order valence-electron chi connectivity index (χ2n) is 2.67. The van der Waals surface area contributed by atoms with Gasteiger partial charge in [-0.15, -0.1) is 0 Å². The molecule has 0 spiro atoms. The van der Waals surface area contributed by atoms with Crippen molar-refractivity contribution in [3.05, 3.63) is 0 Å². The van der Waals surface area contributed by atoms with Crippen LogP contribution in [0.3, 0.4) is 0 Å². The Kier molecular flexibility index (Phi) is 2.14. The van der Waals surface area contributed by atoms with E-state index in [-0.39, 0.29) is 6.71 Å². The minimum absolute atomic E-state index is 0.0289. The van der Waals surface area contributed by atoms with Crippen LogP contribution in [0.2, 0.25) is 12.6 Å². The molecule has 9 heavy (non-hydrogen) atoms. The summed E-state index contributed by atoms with van der Waals surface area (Å²) in [6, 6.07) is 0. The Hall–Kier alpha value is -0.465. The van der Waals surface area contributed by atoms with E-state index in [1.165, 1.54) is 6.42 Å². The van der Waals surface area contributed by atoms with Crippen molar-refractivity contribution in [3.8, 4) is 0 Å². The smallest absolute Gasteiger partial charge is 0.277 e. The fraction of sp³-hybridized carbons (Fsp3) is 0.833. The van der Waals surface area contributed by atoms with Crippen molar-refractivity contribution in [2.75, 3.05) is 0 Å². The van der Waals surface area contributed by atoms with Gasteiger partial charge in [0.05, 0.1) is 0 Å². The molecule has 0 aromatic heterocycles. The van der Waals surface area contributed by atoms with Crippen LogP contribution in [-0.2, 0) is 0 Å². The van der Waals surface area contributed by atoms with Crippen LogP contribution < -0.4 is 0 Å². The highest BCUT2D eigenvalue weighted by molar-refractivity contribution is 6.88. The monoisotopic (exact) mass is 126 g/mol. The summed E-state index contributed by atoms with van der Waals surface area (Å²) >= 11 is 0. The van der Waals surface area contributed by atoms with Gasteiger partial charge in [0.2, 0.25) is 5.87 Å². The molecular weight excluding hydrogens is 115 g/mol. The van der Waals surface area contributed by atoms with E-state index >= 15 is 0 Å². The molecule has 1 aliphatic heterocycles. The maximum atomic E-state index is 10.4. The van der Waals surface area contributed by atoms with Crippen molar-refractivity contribution < 1.29 is 9.90 Å². The van der Waals surface area contributed by atoms with E-state index in [1.807, 2.05) is 0 Å². The lowest BCUT2D eigenvalue weighted by Gasteiger charge is -2.12. The first-order valence-electron chi connectivity index (χ1n) is 3.53. The summed E-state index contributed by atoms with van der Waals surface area (Å²) in [5, 5.41) is 8.54. The molecule has 2 nitrogen and oxygen atoms in total. The summed E-state index contributed by atoms with van der Waals surface area (Å²) in [4.78, 5) is 10.4. The van der Waals surface area contributed by atoms with E-state index in [4.69, 9.17) is 5.11 Å². The van der Waals surface area contributed by atoms with Crippen LogP contribution in [0.15, 0.2) is 0 Å². The van der Waals surface area contributed by atoms with Gasteiger partial charge in [0.25, 0.3) is 6.71 Å². The fourth-order valence-corrected chi connectivity index (χ4v) is 1.35. The molecule has 1 fully saturated rings. The lowest BCUT2D eigenvalue weighted by molar-refractivity contribution is 0.218. The number of hydrogen-bond acceptors (Lipinski definition) is 1. The minimum Gasteiger partial charge on any atom is -0.489 e. The number of carboxylic acid groups (broad SMARTS) is 1. The highest BCUT2D eigenvalue weighted by Gasteiger charge is 2.24. The van der Waals surface area contributed by atoms with Gasteiger partial charge in [-0.25, -0.2) is 0 Å². The first-order valence-corrected chi connectivity index (χ1v) is 3.53. The van der Waals surface area contributed by atoms with E-state index in [0.717, 1.165) is 25.5 Å². The summed E-state index contributed by atoms with van der Waals surface area (Å²) in [6.07, 6.45) is 5.24. The molecule has 0 radical (unpaired) electrons. The first-order chi connectivity index (χ1) is 4.30. The fourth-order valence-electron chi connectivity index (χ4n) is 1.35. The van der Waals surface area contributed by atoms with Crippen LogP contribution in [0.25, 0.3) is 0 Å². The predicted octanol–water partition coefficient (Wildman–Crippen LogP) is 1.92. The van der Waals surface area contributed by atoms with Gasteiger partial charge in [0.15, 0.2) is 0 Å². The van der Waals surface area contributed by atoms with Gasteiger partial charge in [0, 0.05) is 0 Å². The van der Waals surface area contributed by atoms with Crippen LogP contribution in [0.5, 0.6) is 0 Å². The van der Waals surface area contributed by atoms with E-state index in [2.05, 4.69) is 0 Å². The van der Waals surface area contributed by atoms with Gasteiger partial charge < -0.3 is 5.11 Å². The molecular formula is C6H11BO2. The van der Waals surface area contributed by atoms with Crippen LogP contribution in [0, 0.1) is 0 Å². The highest BCUT2D eigenvalue weighted by Crippen LogP contribution is 2.18.